The van der Waals surface area contributed by atoms with Crippen LogP contribution in [0.5, 0.6) is 5.75 Å². The molecule has 168 valence electrons. The van der Waals surface area contributed by atoms with Crippen molar-refractivity contribution in [1.29, 1.82) is 0 Å². The molecule has 1 N–H and O–H groups in total. The van der Waals surface area contributed by atoms with E-state index in [0.29, 0.717) is 24.3 Å². The van der Waals surface area contributed by atoms with Crippen LogP contribution in [0.2, 0.25) is 0 Å². The average molecular weight is 429 g/mol. The number of nitrogens with one attached hydrogen (secondary N) is 1. The van der Waals surface area contributed by atoms with Crippen molar-refractivity contribution in [2.24, 2.45) is 0 Å². The molecule has 0 radical (unpaired) electrons. The van der Waals surface area contributed by atoms with Crippen molar-refractivity contribution in [3.63, 3.8) is 0 Å². The van der Waals surface area contributed by atoms with Crippen molar-refractivity contribution in [3.05, 3.63) is 34.8 Å². The molecule has 8 heteroatoms. The fourth-order valence-electron chi connectivity index (χ4n) is 3.27. The molecule has 31 heavy (non-hydrogen) atoms. The number of hydrogen-bond acceptors (Lipinski definition) is 6. The van der Waals surface area contributed by atoms with Crippen molar-refractivity contribution >= 4 is 25.1 Å². The molecule has 0 saturated carbocycles. The van der Waals surface area contributed by atoms with Gasteiger partial charge in [0.1, 0.15) is 11.4 Å². The summed E-state index contributed by atoms with van der Waals surface area (Å²) in [4.78, 5) is 24.3. The maximum atomic E-state index is 12.2. The Balaban J connectivity index is 1.87. The van der Waals surface area contributed by atoms with Crippen LogP contribution < -0.4 is 10.1 Å². The molecule has 1 saturated heterocycles. The van der Waals surface area contributed by atoms with E-state index in [1.54, 1.807) is 6.07 Å². The Morgan fingerprint density at radius 3 is 2.45 bits per heavy atom. The van der Waals surface area contributed by atoms with Gasteiger partial charge in [0.2, 0.25) is 0 Å². The Kier molecular flexibility index (Phi) is 6.26. The number of ether oxygens (including phenoxy) is 2. The van der Waals surface area contributed by atoms with Crippen molar-refractivity contribution in [1.82, 2.24) is 5.32 Å². The zero-order chi connectivity index (χ0) is 23.0. The molecule has 0 aliphatic carbocycles. The largest absolute Gasteiger partial charge is 0.492 e. The van der Waals surface area contributed by atoms with E-state index < -0.39 is 30.0 Å². The van der Waals surface area contributed by atoms with Gasteiger partial charge in [-0.3, -0.25) is 4.79 Å². The van der Waals surface area contributed by atoms with E-state index in [1.807, 2.05) is 66.7 Å². The quantitative estimate of drug-likeness (QED) is 0.723. The summed E-state index contributed by atoms with van der Waals surface area (Å²) in [6.07, 6.45) is 1.76. The van der Waals surface area contributed by atoms with E-state index in [4.69, 9.17) is 18.8 Å². The number of Topliss-reactive ketones (excluding diaryl/α,β-unsaturated/α-hetero) is 1. The van der Waals surface area contributed by atoms with E-state index in [0.717, 1.165) is 11.0 Å². The minimum absolute atomic E-state index is 0.0783. The first kappa shape index (κ1) is 23.4. The topological polar surface area (TPSA) is 83.1 Å². The highest BCUT2D eigenvalue weighted by atomic mass is 16.7. The Morgan fingerprint density at radius 2 is 1.84 bits per heavy atom. The van der Waals surface area contributed by atoms with Crippen LogP contribution in [0.15, 0.2) is 23.7 Å². The highest BCUT2D eigenvalue weighted by molar-refractivity contribution is 6.56. The summed E-state index contributed by atoms with van der Waals surface area (Å²) < 4.78 is 23.4. The van der Waals surface area contributed by atoms with Crippen LogP contribution in [-0.4, -0.2) is 48.9 Å². The summed E-state index contributed by atoms with van der Waals surface area (Å²) in [5.41, 5.74) is 0.506. The third kappa shape index (κ3) is 5.49. The lowest BCUT2D eigenvalue weighted by atomic mass is 9.77. The molecule has 2 heterocycles. The summed E-state index contributed by atoms with van der Waals surface area (Å²) in [5, 5.41) is 2.79. The fourth-order valence-corrected chi connectivity index (χ4v) is 3.27. The highest BCUT2D eigenvalue weighted by Gasteiger charge is 2.52. The monoisotopic (exact) mass is 429 g/mol. The first-order valence-corrected chi connectivity index (χ1v) is 10.6. The second-order valence-corrected chi connectivity index (χ2v) is 9.94. The van der Waals surface area contributed by atoms with Gasteiger partial charge in [0.25, 0.3) is 0 Å². The Labute approximate surface area is 184 Å². The lowest BCUT2D eigenvalue weighted by Crippen LogP contribution is -2.41. The van der Waals surface area contributed by atoms with Gasteiger partial charge in [-0.05, 0) is 71.6 Å². The molecule has 1 aromatic carbocycles. The molecule has 1 fully saturated rings. The maximum absolute atomic E-state index is 12.2. The lowest BCUT2D eigenvalue weighted by Gasteiger charge is -2.32. The molecule has 7 nitrogen and oxygen atoms in total. The number of fused-ring (bicyclic) bond motifs is 1. The predicted molar refractivity (Wildman–Crippen MR) is 119 cm³/mol. The van der Waals surface area contributed by atoms with Crippen LogP contribution in [0.4, 0.5) is 4.79 Å². The number of carbonyl (C=O) groups is 2. The Hall–Kier alpha value is -2.32. The van der Waals surface area contributed by atoms with Gasteiger partial charge in [-0.2, -0.15) is 0 Å². The SMILES string of the molecule is CC(C)(C)OC(=O)NCC(=Cc1ccc2c(c1)OCCC2=O)B1OC(C)(C)C(C)(C)O1. The van der Waals surface area contributed by atoms with Crippen LogP contribution >= 0.6 is 0 Å². The molecule has 1 aromatic rings. The molecule has 3 rings (SSSR count). The maximum Gasteiger partial charge on any atom is 0.492 e. The third-order valence-corrected chi connectivity index (χ3v) is 5.64. The van der Waals surface area contributed by atoms with Crippen molar-refractivity contribution in [2.45, 2.75) is 71.7 Å². The number of rotatable bonds is 4. The smallest absolute Gasteiger partial charge is 0.492 e. The summed E-state index contributed by atoms with van der Waals surface area (Å²) in [6.45, 7) is 13.9. The first-order chi connectivity index (χ1) is 14.3. The van der Waals surface area contributed by atoms with Crippen molar-refractivity contribution < 1.29 is 28.4 Å². The van der Waals surface area contributed by atoms with Crippen LogP contribution in [-0.2, 0) is 14.0 Å². The Bertz CT molecular complexity index is 884. The van der Waals surface area contributed by atoms with Gasteiger partial charge in [-0.25, -0.2) is 4.79 Å². The van der Waals surface area contributed by atoms with Crippen LogP contribution in [0.3, 0.4) is 0 Å². The third-order valence-electron chi connectivity index (χ3n) is 5.64. The predicted octanol–water partition coefficient (Wildman–Crippen LogP) is 4.19. The van der Waals surface area contributed by atoms with Crippen molar-refractivity contribution in [3.8, 4) is 5.75 Å². The molecule has 0 bridgehead atoms. The minimum atomic E-state index is -0.640. The van der Waals surface area contributed by atoms with Gasteiger partial charge < -0.3 is 24.1 Å². The summed E-state index contributed by atoms with van der Waals surface area (Å²) in [5.74, 6) is 0.646. The highest BCUT2D eigenvalue weighted by Crippen LogP contribution is 2.39. The number of amides is 1. The second kappa shape index (κ2) is 8.32. The van der Waals surface area contributed by atoms with Gasteiger partial charge >= 0.3 is 13.2 Å². The summed E-state index contributed by atoms with van der Waals surface area (Å²) in [7, 11) is -0.640. The van der Waals surface area contributed by atoms with Crippen LogP contribution in [0.25, 0.3) is 6.08 Å². The zero-order valence-electron chi connectivity index (χ0n) is 19.5. The number of alkyl carbamates (subject to hydrolysis) is 1. The van der Waals surface area contributed by atoms with E-state index >= 15 is 0 Å². The molecule has 0 unspecified atom stereocenters. The minimum Gasteiger partial charge on any atom is -0.492 e. The molecular formula is C23H32BNO6. The molecule has 0 aromatic heterocycles. The van der Waals surface area contributed by atoms with Gasteiger partial charge in [0.05, 0.1) is 23.4 Å². The van der Waals surface area contributed by atoms with Gasteiger partial charge in [-0.15, -0.1) is 0 Å². The van der Waals surface area contributed by atoms with E-state index in [9.17, 15) is 9.59 Å². The number of ketones is 1. The number of hydrogen-bond donors (Lipinski definition) is 1. The standard InChI is InChI=1S/C23H32BNO6/c1-21(2,3)29-20(27)25-14-16(24-30-22(4,5)23(6,7)31-24)12-15-8-9-17-18(26)10-11-28-19(17)13-15/h8-9,12-13H,10-11,14H2,1-7H3,(H,25,27). The molecule has 0 spiro atoms. The Morgan fingerprint density at radius 1 is 1.19 bits per heavy atom. The van der Waals surface area contributed by atoms with E-state index in [2.05, 4.69) is 5.32 Å². The van der Waals surface area contributed by atoms with Crippen LogP contribution in [0.1, 0.15) is 70.8 Å². The molecular weight excluding hydrogens is 397 g/mol. The summed E-state index contributed by atoms with van der Waals surface area (Å²) >= 11 is 0. The first-order valence-electron chi connectivity index (χ1n) is 10.6. The molecule has 0 atom stereocenters. The normalized spacial score (nSPS) is 20.2. The summed E-state index contributed by atoms with van der Waals surface area (Å²) in [6, 6.07) is 5.45. The van der Waals surface area contributed by atoms with Crippen LogP contribution in [0, 0.1) is 0 Å². The van der Waals surface area contributed by atoms with E-state index in [1.165, 1.54) is 0 Å². The second-order valence-electron chi connectivity index (χ2n) is 9.94. The van der Waals surface area contributed by atoms with E-state index in [-0.39, 0.29) is 12.3 Å². The number of benzene rings is 1. The molecule has 2 aliphatic heterocycles. The average Bonchev–Trinajstić information content (AvgIpc) is 2.84. The molecule has 2 aliphatic rings. The van der Waals surface area contributed by atoms with Gasteiger partial charge in [0.15, 0.2) is 5.78 Å². The lowest BCUT2D eigenvalue weighted by molar-refractivity contribution is 0.00578. The van der Waals surface area contributed by atoms with Crippen molar-refractivity contribution in [2.75, 3.05) is 13.2 Å². The number of carbonyl (C=O) groups excluding carboxylic acids is 2. The van der Waals surface area contributed by atoms with Gasteiger partial charge in [0, 0.05) is 13.0 Å². The fraction of sp³-hybridized carbons (Fsp3) is 0.565. The molecule has 1 amide bonds. The van der Waals surface area contributed by atoms with Gasteiger partial charge in [-0.1, -0.05) is 12.1 Å². The zero-order valence-corrected chi connectivity index (χ0v) is 19.5.